The summed E-state index contributed by atoms with van der Waals surface area (Å²) in [7, 11) is 0. The van der Waals surface area contributed by atoms with Crippen LogP contribution in [0.2, 0.25) is 0 Å². The highest BCUT2D eigenvalue weighted by Gasteiger charge is 2.19. The van der Waals surface area contributed by atoms with E-state index in [2.05, 4.69) is 10.6 Å². The molecule has 1 aromatic rings. The number of nitrogens with two attached hydrogens (primary N) is 1. The first-order valence-electron chi connectivity index (χ1n) is 6.35. The van der Waals surface area contributed by atoms with E-state index in [4.69, 9.17) is 5.73 Å². The predicted octanol–water partition coefficient (Wildman–Crippen LogP) is 0.545. The first-order valence-corrected chi connectivity index (χ1v) is 6.35. The Hall–Kier alpha value is -1.88. The maximum absolute atomic E-state index is 11.6. The van der Waals surface area contributed by atoms with Crippen LogP contribution in [0.4, 0.5) is 0 Å². The summed E-state index contributed by atoms with van der Waals surface area (Å²) >= 11 is 0. The third-order valence-electron chi connectivity index (χ3n) is 2.58. The number of hydrogen-bond acceptors (Lipinski definition) is 3. The smallest absolute Gasteiger partial charge is 0.235 e. The van der Waals surface area contributed by atoms with Gasteiger partial charge in [-0.15, -0.1) is 0 Å². The van der Waals surface area contributed by atoms with Crippen LogP contribution in [0.3, 0.4) is 0 Å². The Morgan fingerprint density at radius 3 is 2.37 bits per heavy atom. The Kier molecular flexibility index (Phi) is 6.02. The third kappa shape index (κ3) is 6.01. The molecule has 0 saturated carbocycles. The molecular weight excluding hydrogens is 242 g/mol. The van der Waals surface area contributed by atoms with Crippen LogP contribution < -0.4 is 16.4 Å². The summed E-state index contributed by atoms with van der Waals surface area (Å²) in [5.74, 6) is -0.700. The van der Waals surface area contributed by atoms with E-state index in [0.717, 1.165) is 5.56 Å². The highest BCUT2D eigenvalue weighted by molar-refractivity contribution is 5.87. The number of primary amides is 1. The summed E-state index contributed by atoms with van der Waals surface area (Å²) in [5.41, 5.74) is 6.34. The maximum Gasteiger partial charge on any atom is 0.235 e. The fraction of sp³-hybridized carbons (Fsp3) is 0.429. The molecule has 1 aromatic carbocycles. The van der Waals surface area contributed by atoms with Crippen molar-refractivity contribution < 1.29 is 9.59 Å². The Morgan fingerprint density at radius 2 is 1.84 bits per heavy atom. The second-order valence-corrected chi connectivity index (χ2v) is 4.75. The lowest BCUT2D eigenvalue weighted by molar-refractivity contribution is -0.127. The van der Waals surface area contributed by atoms with E-state index in [1.807, 2.05) is 44.2 Å². The van der Waals surface area contributed by atoms with Crippen molar-refractivity contribution in [2.75, 3.05) is 0 Å². The van der Waals surface area contributed by atoms with Crippen molar-refractivity contribution in [2.45, 2.75) is 38.9 Å². The summed E-state index contributed by atoms with van der Waals surface area (Å²) < 4.78 is 0. The molecule has 1 unspecified atom stereocenters. The monoisotopic (exact) mass is 263 g/mol. The first-order chi connectivity index (χ1) is 8.99. The summed E-state index contributed by atoms with van der Waals surface area (Å²) in [6.07, 6.45) is 0.0559. The number of rotatable bonds is 7. The minimum absolute atomic E-state index is 0.0511. The summed E-state index contributed by atoms with van der Waals surface area (Å²) in [6, 6.07) is 9.04. The van der Waals surface area contributed by atoms with Crippen LogP contribution in [0.1, 0.15) is 25.8 Å². The fourth-order valence-electron chi connectivity index (χ4n) is 1.68. The number of hydrogen-bond donors (Lipinski definition) is 3. The van der Waals surface area contributed by atoms with E-state index in [1.54, 1.807) is 0 Å². The van der Waals surface area contributed by atoms with Gasteiger partial charge in [0.2, 0.25) is 11.8 Å². The van der Waals surface area contributed by atoms with Crippen LogP contribution in [-0.2, 0) is 16.1 Å². The molecule has 104 valence electrons. The third-order valence-corrected chi connectivity index (χ3v) is 2.58. The molecule has 5 heteroatoms. The van der Waals surface area contributed by atoms with Crippen LogP contribution in [0.25, 0.3) is 0 Å². The van der Waals surface area contributed by atoms with Gasteiger partial charge in [-0.1, -0.05) is 30.3 Å². The molecule has 1 rings (SSSR count). The van der Waals surface area contributed by atoms with Crippen molar-refractivity contribution in [3.63, 3.8) is 0 Å². The number of carbonyl (C=O) groups is 2. The topological polar surface area (TPSA) is 84.2 Å². The van der Waals surface area contributed by atoms with Gasteiger partial charge in [-0.2, -0.15) is 0 Å². The minimum atomic E-state index is -0.654. The lowest BCUT2D eigenvalue weighted by Crippen LogP contribution is -2.45. The average molecular weight is 263 g/mol. The molecule has 0 saturated heterocycles. The van der Waals surface area contributed by atoms with Crippen LogP contribution >= 0.6 is 0 Å². The summed E-state index contributed by atoms with van der Waals surface area (Å²) in [6.45, 7) is 4.24. The lowest BCUT2D eigenvalue weighted by atomic mass is 10.1. The van der Waals surface area contributed by atoms with Gasteiger partial charge in [0, 0.05) is 12.6 Å². The highest BCUT2D eigenvalue weighted by Crippen LogP contribution is 2.00. The molecule has 0 aromatic heterocycles. The SMILES string of the molecule is CC(C)NC(=O)CC(NCc1ccccc1)C(N)=O. The number of nitrogens with one attached hydrogen (secondary N) is 2. The van der Waals surface area contributed by atoms with Crippen LogP contribution in [0.5, 0.6) is 0 Å². The molecule has 0 radical (unpaired) electrons. The van der Waals surface area contributed by atoms with E-state index in [9.17, 15) is 9.59 Å². The number of benzene rings is 1. The Balaban J connectivity index is 2.49. The lowest BCUT2D eigenvalue weighted by Gasteiger charge is -2.16. The fourth-order valence-corrected chi connectivity index (χ4v) is 1.68. The number of amides is 2. The normalized spacial score (nSPS) is 12.2. The molecule has 2 amide bonds. The van der Waals surface area contributed by atoms with Gasteiger partial charge in [-0.25, -0.2) is 0 Å². The van der Waals surface area contributed by atoms with Gasteiger partial charge in [0.25, 0.3) is 0 Å². The zero-order valence-corrected chi connectivity index (χ0v) is 11.3. The van der Waals surface area contributed by atoms with Crippen LogP contribution in [0.15, 0.2) is 30.3 Å². The molecule has 0 heterocycles. The van der Waals surface area contributed by atoms with Gasteiger partial charge in [0.15, 0.2) is 0 Å². The molecule has 0 spiro atoms. The Labute approximate surface area is 113 Å². The average Bonchev–Trinajstić information content (AvgIpc) is 2.34. The van der Waals surface area contributed by atoms with Crippen LogP contribution in [-0.4, -0.2) is 23.9 Å². The van der Waals surface area contributed by atoms with Gasteiger partial charge in [0.05, 0.1) is 12.5 Å². The molecule has 4 N–H and O–H groups in total. The number of carbonyl (C=O) groups excluding carboxylic acids is 2. The Bertz CT molecular complexity index is 418. The van der Waals surface area contributed by atoms with E-state index in [-0.39, 0.29) is 18.4 Å². The van der Waals surface area contributed by atoms with Crippen molar-refractivity contribution in [3.05, 3.63) is 35.9 Å². The van der Waals surface area contributed by atoms with Crippen molar-refractivity contribution in [3.8, 4) is 0 Å². The van der Waals surface area contributed by atoms with E-state index in [0.29, 0.717) is 6.54 Å². The molecule has 0 aliphatic rings. The second kappa shape index (κ2) is 7.53. The molecule has 0 fully saturated rings. The van der Waals surface area contributed by atoms with Crippen LogP contribution in [0, 0.1) is 0 Å². The Morgan fingerprint density at radius 1 is 1.21 bits per heavy atom. The molecule has 0 aliphatic heterocycles. The van der Waals surface area contributed by atoms with Crippen molar-refractivity contribution in [1.82, 2.24) is 10.6 Å². The molecule has 0 aliphatic carbocycles. The maximum atomic E-state index is 11.6. The zero-order chi connectivity index (χ0) is 14.3. The van der Waals surface area contributed by atoms with E-state index < -0.39 is 11.9 Å². The second-order valence-electron chi connectivity index (χ2n) is 4.75. The predicted molar refractivity (Wildman–Crippen MR) is 74.2 cm³/mol. The van der Waals surface area contributed by atoms with Gasteiger partial charge in [-0.3, -0.25) is 9.59 Å². The van der Waals surface area contributed by atoms with Gasteiger partial charge in [0.1, 0.15) is 0 Å². The summed E-state index contributed by atoms with van der Waals surface area (Å²) in [4.78, 5) is 22.9. The highest BCUT2D eigenvalue weighted by atomic mass is 16.2. The molecule has 1 atom stereocenters. The first kappa shape index (κ1) is 15.2. The van der Waals surface area contributed by atoms with Gasteiger partial charge >= 0.3 is 0 Å². The van der Waals surface area contributed by atoms with E-state index in [1.165, 1.54) is 0 Å². The van der Waals surface area contributed by atoms with Crippen molar-refractivity contribution in [1.29, 1.82) is 0 Å². The zero-order valence-electron chi connectivity index (χ0n) is 11.3. The largest absolute Gasteiger partial charge is 0.368 e. The van der Waals surface area contributed by atoms with Crippen molar-refractivity contribution >= 4 is 11.8 Å². The standard InChI is InChI=1S/C14H21N3O2/c1-10(2)17-13(18)8-12(14(15)19)16-9-11-6-4-3-5-7-11/h3-7,10,12,16H,8-9H2,1-2H3,(H2,15,19)(H,17,18). The molecule has 5 nitrogen and oxygen atoms in total. The molecule has 0 bridgehead atoms. The molecule has 19 heavy (non-hydrogen) atoms. The summed E-state index contributed by atoms with van der Waals surface area (Å²) in [5, 5.41) is 5.74. The van der Waals surface area contributed by atoms with Crippen molar-refractivity contribution in [2.24, 2.45) is 5.73 Å². The van der Waals surface area contributed by atoms with Gasteiger partial charge < -0.3 is 16.4 Å². The minimum Gasteiger partial charge on any atom is -0.368 e. The molecular formula is C14H21N3O2. The van der Waals surface area contributed by atoms with E-state index >= 15 is 0 Å². The van der Waals surface area contributed by atoms with Gasteiger partial charge in [-0.05, 0) is 19.4 Å². The quantitative estimate of drug-likeness (QED) is 0.671.